The summed E-state index contributed by atoms with van der Waals surface area (Å²) >= 11 is 1.41. The average molecular weight is 359 g/mol. The third-order valence-electron chi connectivity index (χ3n) is 3.87. The summed E-state index contributed by atoms with van der Waals surface area (Å²) in [5.41, 5.74) is 2.08. The number of aliphatic carboxylic acids is 1. The normalized spacial score (nSPS) is 19.6. The molecule has 5 nitrogen and oxygen atoms in total. The van der Waals surface area contributed by atoms with Gasteiger partial charge in [0.25, 0.3) is 0 Å². The number of rotatable bonds is 7. The molecule has 0 aliphatic carbocycles. The monoisotopic (exact) mass is 359 g/mol. The van der Waals surface area contributed by atoms with Crippen molar-refractivity contribution in [1.29, 1.82) is 0 Å². The van der Waals surface area contributed by atoms with Crippen LogP contribution in [-0.4, -0.2) is 29.5 Å². The van der Waals surface area contributed by atoms with Crippen LogP contribution in [0.1, 0.15) is 23.4 Å². The molecule has 0 radical (unpaired) electrons. The van der Waals surface area contributed by atoms with Crippen molar-refractivity contribution >= 4 is 17.7 Å². The molecule has 1 aliphatic rings. The quantitative estimate of drug-likeness (QED) is 0.789. The molecule has 2 atom stereocenters. The van der Waals surface area contributed by atoms with Gasteiger partial charge >= 0.3 is 5.97 Å². The van der Waals surface area contributed by atoms with E-state index in [1.54, 1.807) is 0 Å². The number of benzene rings is 2. The first kappa shape index (κ1) is 17.6. The molecule has 6 heteroatoms. The van der Waals surface area contributed by atoms with Crippen molar-refractivity contribution in [3.05, 3.63) is 59.7 Å². The first-order valence-corrected chi connectivity index (χ1v) is 9.16. The predicted octanol–water partition coefficient (Wildman–Crippen LogP) is 3.45. The fourth-order valence-corrected chi connectivity index (χ4v) is 3.76. The molecule has 3 rings (SSSR count). The summed E-state index contributed by atoms with van der Waals surface area (Å²) in [7, 11) is 0. The zero-order valence-electron chi connectivity index (χ0n) is 14.0. The van der Waals surface area contributed by atoms with Crippen molar-refractivity contribution in [2.75, 3.05) is 13.2 Å². The van der Waals surface area contributed by atoms with Crippen LogP contribution in [-0.2, 0) is 11.4 Å². The van der Waals surface area contributed by atoms with Crippen LogP contribution in [0.3, 0.4) is 0 Å². The summed E-state index contributed by atoms with van der Waals surface area (Å²) in [4.78, 5) is 11.1. The van der Waals surface area contributed by atoms with Crippen LogP contribution in [0, 0.1) is 0 Å². The molecule has 132 valence electrons. The Morgan fingerprint density at radius 1 is 1.20 bits per heavy atom. The maximum absolute atomic E-state index is 11.1. The van der Waals surface area contributed by atoms with Crippen LogP contribution < -0.4 is 14.8 Å². The number of hydrogen-bond donors (Lipinski definition) is 2. The molecular weight excluding hydrogens is 338 g/mol. The molecular formula is C19H21NO4S. The molecule has 0 spiro atoms. The summed E-state index contributed by atoms with van der Waals surface area (Å²) in [5.74, 6) is 0.581. The minimum atomic E-state index is -0.784. The van der Waals surface area contributed by atoms with Crippen LogP contribution in [0.15, 0.2) is 48.5 Å². The molecule has 1 fully saturated rings. The van der Waals surface area contributed by atoms with Crippen LogP contribution in [0.25, 0.3) is 0 Å². The maximum Gasteiger partial charge on any atom is 0.318 e. The van der Waals surface area contributed by atoms with Crippen molar-refractivity contribution in [2.24, 2.45) is 0 Å². The minimum Gasteiger partial charge on any atom is -0.490 e. The van der Waals surface area contributed by atoms with Crippen molar-refractivity contribution in [2.45, 2.75) is 24.2 Å². The van der Waals surface area contributed by atoms with Gasteiger partial charge in [-0.15, -0.1) is 11.8 Å². The van der Waals surface area contributed by atoms with E-state index in [0.29, 0.717) is 31.3 Å². The number of carbonyl (C=O) groups is 1. The Bertz CT molecular complexity index is 723. The standard InChI is InChI=1S/C19H21NO4S/c1-2-23-16-10-14(18-20-11-17(25-18)19(21)22)8-9-15(16)24-12-13-6-4-3-5-7-13/h3-10,17-18,20H,2,11-12H2,1H3,(H,21,22)/t17-,18+/m0/s1. The molecule has 1 heterocycles. The Morgan fingerprint density at radius 2 is 2.00 bits per heavy atom. The lowest BCUT2D eigenvalue weighted by molar-refractivity contribution is -0.136. The Labute approximate surface area is 151 Å². The van der Waals surface area contributed by atoms with Crippen LogP contribution in [0.2, 0.25) is 0 Å². The van der Waals surface area contributed by atoms with Crippen molar-refractivity contribution in [1.82, 2.24) is 5.32 Å². The third kappa shape index (κ3) is 4.46. The number of carboxylic acids is 1. The molecule has 1 saturated heterocycles. The van der Waals surface area contributed by atoms with Gasteiger partial charge < -0.3 is 14.6 Å². The van der Waals surface area contributed by atoms with E-state index >= 15 is 0 Å². The lowest BCUT2D eigenvalue weighted by Gasteiger charge is -2.16. The highest BCUT2D eigenvalue weighted by Crippen LogP contribution is 2.39. The molecule has 0 aromatic heterocycles. The topological polar surface area (TPSA) is 67.8 Å². The van der Waals surface area contributed by atoms with E-state index in [9.17, 15) is 4.79 Å². The van der Waals surface area contributed by atoms with Gasteiger partial charge in [-0.3, -0.25) is 10.1 Å². The summed E-state index contributed by atoms with van der Waals surface area (Å²) in [6, 6.07) is 15.7. The Morgan fingerprint density at radius 3 is 2.68 bits per heavy atom. The highest BCUT2D eigenvalue weighted by Gasteiger charge is 2.31. The van der Waals surface area contributed by atoms with Gasteiger partial charge in [-0.05, 0) is 30.2 Å². The van der Waals surface area contributed by atoms with E-state index in [4.69, 9.17) is 14.6 Å². The second-order valence-corrected chi connectivity index (χ2v) is 6.98. The van der Waals surface area contributed by atoms with Crippen molar-refractivity contribution < 1.29 is 19.4 Å². The second kappa shape index (κ2) is 8.27. The van der Waals surface area contributed by atoms with Gasteiger partial charge in [-0.1, -0.05) is 36.4 Å². The van der Waals surface area contributed by atoms with Crippen molar-refractivity contribution in [3.63, 3.8) is 0 Å². The van der Waals surface area contributed by atoms with Gasteiger partial charge in [0.15, 0.2) is 11.5 Å². The Hall–Kier alpha value is -2.18. The van der Waals surface area contributed by atoms with Crippen molar-refractivity contribution in [3.8, 4) is 11.5 Å². The molecule has 0 saturated carbocycles. The molecule has 25 heavy (non-hydrogen) atoms. The molecule has 0 amide bonds. The van der Waals surface area contributed by atoms with Gasteiger partial charge in [0, 0.05) is 6.54 Å². The predicted molar refractivity (Wildman–Crippen MR) is 98.1 cm³/mol. The zero-order chi connectivity index (χ0) is 17.6. The van der Waals surface area contributed by atoms with Crippen LogP contribution in [0.5, 0.6) is 11.5 Å². The minimum absolute atomic E-state index is 0.0523. The second-order valence-electron chi connectivity index (χ2n) is 5.66. The fraction of sp³-hybridized carbons (Fsp3) is 0.316. The van der Waals surface area contributed by atoms with E-state index in [2.05, 4.69) is 5.32 Å². The Kier molecular flexibility index (Phi) is 5.83. The molecule has 0 unspecified atom stereocenters. The smallest absolute Gasteiger partial charge is 0.318 e. The van der Waals surface area contributed by atoms with Crippen LogP contribution >= 0.6 is 11.8 Å². The highest BCUT2D eigenvalue weighted by atomic mass is 32.2. The van der Waals surface area contributed by atoms with E-state index in [-0.39, 0.29) is 5.37 Å². The summed E-state index contributed by atoms with van der Waals surface area (Å²) in [6.07, 6.45) is 0. The molecule has 2 N–H and O–H groups in total. The number of thioether (sulfide) groups is 1. The van der Waals surface area contributed by atoms with E-state index in [0.717, 1.165) is 11.1 Å². The largest absolute Gasteiger partial charge is 0.490 e. The molecule has 2 aromatic rings. The summed E-state index contributed by atoms with van der Waals surface area (Å²) in [5, 5.41) is 11.9. The third-order valence-corrected chi connectivity index (χ3v) is 5.28. The van der Waals surface area contributed by atoms with Gasteiger partial charge in [0.1, 0.15) is 11.9 Å². The van der Waals surface area contributed by atoms with Crippen LogP contribution in [0.4, 0.5) is 0 Å². The Balaban J connectivity index is 1.73. The number of ether oxygens (including phenoxy) is 2. The fourth-order valence-electron chi connectivity index (χ4n) is 2.63. The van der Waals surface area contributed by atoms with Gasteiger partial charge in [0.2, 0.25) is 0 Å². The van der Waals surface area contributed by atoms with E-state index < -0.39 is 11.2 Å². The van der Waals surface area contributed by atoms with Gasteiger partial charge in [0.05, 0.1) is 12.0 Å². The highest BCUT2D eigenvalue weighted by molar-refractivity contribution is 8.01. The molecule has 2 aromatic carbocycles. The average Bonchev–Trinajstić information content (AvgIpc) is 3.12. The van der Waals surface area contributed by atoms with Gasteiger partial charge in [-0.25, -0.2) is 0 Å². The van der Waals surface area contributed by atoms with E-state index in [1.165, 1.54) is 11.8 Å². The lowest BCUT2D eigenvalue weighted by atomic mass is 10.2. The van der Waals surface area contributed by atoms with Gasteiger partial charge in [-0.2, -0.15) is 0 Å². The first-order valence-electron chi connectivity index (χ1n) is 8.22. The first-order chi connectivity index (χ1) is 12.2. The maximum atomic E-state index is 11.1. The summed E-state index contributed by atoms with van der Waals surface area (Å²) < 4.78 is 11.6. The van der Waals surface area contributed by atoms with E-state index in [1.807, 2.05) is 55.5 Å². The number of carboxylic acid groups (broad SMARTS) is 1. The lowest BCUT2D eigenvalue weighted by Crippen LogP contribution is -2.21. The number of nitrogens with one attached hydrogen (secondary N) is 1. The zero-order valence-corrected chi connectivity index (χ0v) is 14.8. The summed E-state index contributed by atoms with van der Waals surface area (Å²) in [6.45, 7) is 3.39. The molecule has 0 bridgehead atoms. The number of hydrogen-bond acceptors (Lipinski definition) is 5. The molecule has 1 aliphatic heterocycles. The SMILES string of the molecule is CCOc1cc([C@@H]2NC[C@@H](C(=O)O)S2)ccc1OCc1ccccc1.